The molecule has 1 saturated heterocycles. The highest BCUT2D eigenvalue weighted by atomic mass is 28.4. The number of hydrogen-bond donors (Lipinski definition) is 1. The van der Waals surface area contributed by atoms with Gasteiger partial charge in [0.25, 0.3) is 8.32 Å². The zero-order valence-corrected chi connectivity index (χ0v) is 24.6. The quantitative estimate of drug-likeness (QED) is 0.204. The van der Waals surface area contributed by atoms with Crippen LogP contribution in [0.25, 0.3) is 11.0 Å². The summed E-state index contributed by atoms with van der Waals surface area (Å²) in [5.74, 6) is -0.715. The lowest BCUT2D eigenvalue weighted by atomic mass is 10.1. The Morgan fingerprint density at radius 3 is 2.10 bits per heavy atom. The number of imidazole rings is 1. The number of imide groups is 1. The first-order chi connectivity index (χ1) is 19.1. The molecule has 0 saturated carbocycles. The summed E-state index contributed by atoms with van der Waals surface area (Å²) in [5.41, 5.74) is 2.33. The molecule has 1 aliphatic rings. The molecule has 1 unspecified atom stereocenters. The molecule has 8 heteroatoms. The van der Waals surface area contributed by atoms with E-state index in [1.807, 2.05) is 30.3 Å². The molecule has 0 spiro atoms. The highest BCUT2D eigenvalue weighted by molar-refractivity contribution is 6.99. The van der Waals surface area contributed by atoms with Crippen molar-refractivity contribution < 1.29 is 14.0 Å². The fourth-order valence-corrected chi connectivity index (χ4v) is 10.7. The Morgan fingerprint density at radius 2 is 1.52 bits per heavy atom. The Kier molecular flexibility index (Phi) is 7.66. The summed E-state index contributed by atoms with van der Waals surface area (Å²) in [7, 11) is -0.860. The van der Waals surface area contributed by atoms with Gasteiger partial charge < -0.3 is 4.43 Å². The molecular formula is C32H37N3O4Si. The van der Waals surface area contributed by atoms with Crippen molar-refractivity contribution in [3.63, 3.8) is 0 Å². The molecule has 1 atom stereocenters. The molecule has 0 radical (unpaired) electrons. The third-order valence-corrected chi connectivity index (χ3v) is 13.1. The lowest BCUT2D eigenvalue weighted by Gasteiger charge is -2.43. The van der Waals surface area contributed by atoms with Crippen molar-refractivity contribution in [2.24, 2.45) is 7.05 Å². The fraction of sp³-hybridized carbons (Fsp3) is 0.344. The molecule has 0 bridgehead atoms. The fourth-order valence-electron chi connectivity index (χ4n) is 6.06. The normalized spacial score (nSPS) is 16.4. The van der Waals surface area contributed by atoms with Crippen molar-refractivity contribution >= 4 is 41.5 Å². The molecule has 1 N–H and O–H groups in total. The van der Waals surface area contributed by atoms with E-state index in [-0.39, 0.29) is 23.1 Å². The van der Waals surface area contributed by atoms with Crippen LogP contribution >= 0.6 is 0 Å². The molecule has 3 aromatic carbocycles. The van der Waals surface area contributed by atoms with Crippen LogP contribution < -0.4 is 21.4 Å². The summed E-state index contributed by atoms with van der Waals surface area (Å²) in [4.78, 5) is 37.2. The van der Waals surface area contributed by atoms with Crippen molar-refractivity contribution in [1.82, 2.24) is 14.5 Å². The predicted octanol–water partition coefficient (Wildman–Crippen LogP) is 3.83. The third-order valence-electron chi connectivity index (χ3n) is 8.02. The maximum Gasteiger partial charge on any atom is 0.329 e. The number of aryl methyl sites for hydroxylation is 2. The van der Waals surface area contributed by atoms with Crippen LogP contribution in [0.5, 0.6) is 0 Å². The van der Waals surface area contributed by atoms with Crippen molar-refractivity contribution in [1.29, 1.82) is 0 Å². The summed E-state index contributed by atoms with van der Waals surface area (Å²) in [6.45, 7) is 7.45. The van der Waals surface area contributed by atoms with Gasteiger partial charge in [0.1, 0.15) is 6.04 Å². The van der Waals surface area contributed by atoms with Gasteiger partial charge in [-0.15, -0.1) is 0 Å². The highest BCUT2D eigenvalue weighted by Gasteiger charge is 2.49. The van der Waals surface area contributed by atoms with E-state index < -0.39 is 20.3 Å². The number of nitrogens with zero attached hydrogens (tertiary/aromatic N) is 2. The Morgan fingerprint density at radius 1 is 0.900 bits per heavy atom. The second-order valence-corrected chi connectivity index (χ2v) is 15.9. The summed E-state index contributed by atoms with van der Waals surface area (Å²) < 4.78 is 10.1. The Labute approximate surface area is 235 Å². The topological polar surface area (TPSA) is 82.3 Å². The monoisotopic (exact) mass is 555 g/mol. The molecule has 1 aromatic heterocycles. The summed E-state index contributed by atoms with van der Waals surface area (Å²) >= 11 is 0. The van der Waals surface area contributed by atoms with Crippen molar-refractivity contribution in [3.05, 3.63) is 94.9 Å². The van der Waals surface area contributed by atoms with Crippen molar-refractivity contribution in [2.75, 3.05) is 6.61 Å². The van der Waals surface area contributed by atoms with E-state index in [4.69, 9.17) is 4.43 Å². The second-order valence-electron chi connectivity index (χ2n) is 11.6. The highest BCUT2D eigenvalue weighted by Crippen LogP contribution is 2.37. The number of rotatable bonds is 8. The van der Waals surface area contributed by atoms with Gasteiger partial charge in [-0.2, -0.15) is 0 Å². The zero-order chi connectivity index (χ0) is 28.5. The van der Waals surface area contributed by atoms with Crippen molar-refractivity contribution in [3.8, 4) is 0 Å². The molecule has 40 heavy (non-hydrogen) atoms. The largest absolute Gasteiger partial charge is 0.407 e. The number of carbonyl (C=O) groups is 2. The Balaban J connectivity index is 1.38. The van der Waals surface area contributed by atoms with Gasteiger partial charge in [-0.25, -0.2) is 4.79 Å². The summed E-state index contributed by atoms with van der Waals surface area (Å²) in [6.07, 6.45) is 2.18. The molecule has 2 amide bonds. The molecule has 2 heterocycles. The number of piperidine rings is 1. The molecule has 5 rings (SSSR count). The smallest absolute Gasteiger partial charge is 0.329 e. The Hall–Kier alpha value is -3.75. The van der Waals surface area contributed by atoms with Gasteiger partial charge in [-0.05, 0) is 52.4 Å². The number of hydrogen-bond acceptors (Lipinski definition) is 4. The van der Waals surface area contributed by atoms with Crippen LogP contribution in [0.4, 0.5) is 0 Å². The van der Waals surface area contributed by atoms with E-state index in [0.717, 1.165) is 23.9 Å². The Bertz CT molecular complexity index is 1550. The standard InChI is InChI=1S/C32H37N3O4Si/c1-32(2,3)40(24-13-7-5-8-14-24,25-15-9-6-10-16-25)39-21-11-12-23-17-18-26-28(22-23)34(4)31(38)35(26)27-19-20-29(36)33-30(27)37/h5-10,13-18,22,27H,11-12,19-21H2,1-4H3,(H,33,36,37). The van der Waals surface area contributed by atoms with Gasteiger partial charge in [0.2, 0.25) is 11.8 Å². The van der Waals surface area contributed by atoms with Crippen molar-refractivity contribution in [2.45, 2.75) is 57.5 Å². The number of benzene rings is 3. The lowest BCUT2D eigenvalue weighted by Crippen LogP contribution is -2.66. The maximum atomic E-state index is 13.1. The van der Waals surface area contributed by atoms with Gasteiger partial charge in [0.05, 0.1) is 11.0 Å². The number of nitrogens with one attached hydrogen (secondary N) is 1. The molecule has 1 fully saturated rings. The predicted molar refractivity (Wildman–Crippen MR) is 160 cm³/mol. The van der Waals surface area contributed by atoms with Crippen LogP contribution in [-0.4, -0.2) is 35.9 Å². The van der Waals surface area contributed by atoms with Gasteiger partial charge >= 0.3 is 5.69 Å². The van der Waals surface area contributed by atoms with E-state index in [0.29, 0.717) is 18.5 Å². The zero-order valence-electron chi connectivity index (χ0n) is 23.6. The first-order valence-corrected chi connectivity index (χ1v) is 15.8. The maximum absolute atomic E-state index is 13.1. The third kappa shape index (κ3) is 4.97. The minimum absolute atomic E-state index is 0.0775. The molecule has 1 aliphatic heterocycles. The molecule has 0 aliphatic carbocycles. The van der Waals surface area contributed by atoms with E-state index in [2.05, 4.69) is 74.6 Å². The second kappa shape index (κ2) is 11.0. The minimum atomic E-state index is -2.59. The van der Waals surface area contributed by atoms with E-state index in [1.165, 1.54) is 14.9 Å². The first-order valence-electron chi connectivity index (χ1n) is 13.9. The molecule has 208 valence electrons. The number of amides is 2. The van der Waals surface area contributed by atoms with Crippen LogP contribution in [0.1, 0.15) is 51.6 Å². The average molecular weight is 556 g/mol. The van der Waals surface area contributed by atoms with Gasteiger partial charge in [0.15, 0.2) is 0 Å². The van der Waals surface area contributed by atoms with E-state index in [9.17, 15) is 14.4 Å². The van der Waals surface area contributed by atoms with Gasteiger partial charge in [-0.3, -0.25) is 24.0 Å². The van der Waals surface area contributed by atoms with Crippen LogP contribution in [0, 0.1) is 0 Å². The summed E-state index contributed by atoms with van der Waals surface area (Å²) in [5, 5.41) is 4.81. The molecular weight excluding hydrogens is 518 g/mol. The van der Waals surface area contributed by atoms with Crippen LogP contribution in [-0.2, 0) is 27.5 Å². The number of carbonyl (C=O) groups excluding carboxylic acids is 2. The molecule has 7 nitrogen and oxygen atoms in total. The average Bonchev–Trinajstić information content (AvgIpc) is 3.18. The molecule has 4 aromatic rings. The SMILES string of the molecule is Cn1c(=O)n(C2CCC(=O)NC2=O)c2ccc(CCCO[Si](c3ccccc3)(c3ccccc3)C(C)(C)C)cc21. The summed E-state index contributed by atoms with van der Waals surface area (Å²) in [6, 6.07) is 26.6. The van der Waals surface area contributed by atoms with E-state index >= 15 is 0 Å². The van der Waals surface area contributed by atoms with Gasteiger partial charge in [0, 0.05) is 20.1 Å². The van der Waals surface area contributed by atoms with Crippen LogP contribution in [0.15, 0.2) is 83.7 Å². The van der Waals surface area contributed by atoms with E-state index in [1.54, 1.807) is 11.6 Å². The number of fused-ring (bicyclic) bond motifs is 1. The lowest BCUT2D eigenvalue weighted by molar-refractivity contribution is -0.135. The minimum Gasteiger partial charge on any atom is -0.407 e. The van der Waals surface area contributed by atoms with Crippen LogP contribution in [0.2, 0.25) is 5.04 Å². The first kappa shape index (κ1) is 27.8. The van der Waals surface area contributed by atoms with Gasteiger partial charge in [-0.1, -0.05) is 87.5 Å². The number of aromatic nitrogens is 2. The van der Waals surface area contributed by atoms with Crippen LogP contribution in [0.3, 0.4) is 0 Å².